The molecule has 0 aromatic rings. The van der Waals surface area contributed by atoms with Crippen LogP contribution in [0.3, 0.4) is 0 Å². The number of carbonyl (C=O) groups is 3. The predicted molar refractivity (Wildman–Crippen MR) is 72.4 cm³/mol. The summed E-state index contributed by atoms with van der Waals surface area (Å²) in [6.45, 7) is 9.27. The Hall–Kier alpha value is -2.45. The summed E-state index contributed by atoms with van der Waals surface area (Å²) in [7, 11) is 3.17. The van der Waals surface area contributed by atoms with Crippen LogP contribution in [0.2, 0.25) is 0 Å². The minimum Gasteiger partial charge on any atom is -0.478 e. The van der Waals surface area contributed by atoms with E-state index in [0.29, 0.717) is 6.79 Å². The summed E-state index contributed by atoms with van der Waals surface area (Å²) >= 11 is 0. The zero-order valence-corrected chi connectivity index (χ0v) is 11.4. The highest BCUT2D eigenvalue weighted by Gasteiger charge is 1.74. The summed E-state index contributed by atoms with van der Waals surface area (Å²) in [6.07, 6.45) is 2.50. The van der Waals surface area contributed by atoms with Gasteiger partial charge in [0.25, 0.3) is 0 Å². The van der Waals surface area contributed by atoms with Crippen molar-refractivity contribution in [2.24, 2.45) is 0 Å². The molecule has 8 heteroatoms. The molecule has 0 unspecified atom stereocenters. The molecule has 0 rings (SSSR count). The minimum absolute atomic E-state index is 0.389. The van der Waals surface area contributed by atoms with Gasteiger partial charge in [0.2, 0.25) is 0 Å². The van der Waals surface area contributed by atoms with Crippen LogP contribution < -0.4 is 0 Å². The summed E-state index contributed by atoms with van der Waals surface area (Å²) < 4.78 is 8.94. The molecule has 3 N–H and O–H groups in total. The molecule has 0 atom stereocenters. The van der Waals surface area contributed by atoms with Crippen molar-refractivity contribution in [3.63, 3.8) is 0 Å². The summed E-state index contributed by atoms with van der Waals surface area (Å²) in [5.41, 5.74) is 0. The van der Waals surface area contributed by atoms with E-state index >= 15 is 0 Å². The van der Waals surface area contributed by atoms with E-state index in [1.807, 2.05) is 0 Å². The molecule has 8 nitrogen and oxygen atoms in total. The van der Waals surface area contributed by atoms with Crippen LogP contribution in [0.5, 0.6) is 0 Å². The van der Waals surface area contributed by atoms with Crippen molar-refractivity contribution in [1.29, 1.82) is 0 Å². The predicted octanol–water partition coefficient (Wildman–Crippen LogP) is 1.01. The first-order chi connectivity index (χ1) is 9.22. The lowest BCUT2D eigenvalue weighted by Gasteiger charge is -1.87. The number of rotatable bonds is 5. The van der Waals surface area contributed by atoms with Gasteiger partial charge in [-0.2, -0.15) is 0 Å². The Bertz CT molecular complexity index is 251. The highest BCUT2D eigenvalue weighted by Crippen LogP contribution is 1.60. The van der Waals surface area contributed by atoms with E-state index in [4.69, 9.17) is 15.3 Å². The normalized spacial score (nSPS) is 6.90. The molecule has 0 spiro atoms. The summed E-state index contributed by atoms with van der Waals surface area (Å²) in [5.74, 6) is -2.94. The second kappa shape index (κ2) is 25.4. The third kappa shape index (κ3) is 107. The van der Waals surface area contributed by atoms with Gasteiger partial charge in [0.1, 0.15) is 6.79 Å². The number of methoxy groups -OCH3 is 2. The van der Waals surface area contributed by atoms with E-state index in [0.717, 1.165) is 18.2 Å². The number of aliphatic carboxylic acids is 3. The van der Waals surface area contributed by atoms with Crippen LogP contribution >= 0.6 is 0 Å². The van der Waals surface area contributed by atoms with Crippen molar-refractivity contribution in [2.45, 2.75) is 0 Å². The zero-order valence-electron chi connectivity index (χ0n) is 11.4. The molecule has 0 saturated heterocycles. The Morgan fingerprint density at radius 1 is 0.800 bits per heavy atom. The van der Waals surface area contributed by atoms with Gasteiger partial charge in [0.15, 0.2) is 0 Å². The highest BCUT2D eigenvalue weighted by atomic mass is 16.6. The average Bonchev–Trinajstić information content (AvgIpc) is 2.41. The number of ether oxygens (including phenoxy) is 2. The van der Waals surface area contributed by atoms with E-state index in [1.54, 1.807) is 14.2 Å². The van der Waals surface area contributed by atoms with Crippen LogP contribution in [-0.2, 0) is 23.9 Å². The standard InChI is InChI=1S/C3H8O2.3C3H4O2/c1-4-3-5-2;3*1-2-3(4)5/h3H2,1-2H3;3*2H,1H2,(H,4,5). The van der Waals surface area contributed by atoms with Gasteiger partial charge < -0.3 is 24.8 Å². The van der Waals surface area contributed by atoms with Crippen molar-refractivity contribution >= 4 is 17.9 Å². The smallest absolute Gasteiger partial charge is 0.327 e. The topological polar surface area (TPSA) is 130 Å². The van der Waals surface area contributed by atoms with E-state index in [2.05, 4.69) is 29.2 Å². The third-order valence-electron chi connectivity index (χ3n) is 0.760. The molecule has 0 heterocycles. The molecule has 0 radical (unpaired) electrons. The lowest BCUT2D eigenvalue weighted by atomic mass is 10.7. The fourth-order valence-corrected chi connectivity index (χ4v) is 0.118. The minimum atomic E-state index is -0.981. The second-order valence-corrected chi connectivity index (χ2v) is 2.32. The Labute approximate surface area is 117 Å². The molecule has 0 fully saturated rings. The second-order valence-electron chi connectivity index (χ2n) is 2.32. The van der Waals surface area contributed by atoms with Gasteiger partial charge in [0.05, 0.1) is 0 Å². The average molecular weight is 292 g/mol. The van der Waals surface area contributed by atoms with Gasteiger partial charge >= 0.3 is 17.9 Å². The highest BCUT2D eigenvalue weighted by molar-refractivity contribution is 5.79. The number of hydrogen-bond acceptors (Lipinski definition) is 5. The van der Waals surface area contributed by atoms with Crippen LogP contribution in [0.25, 0.3) is 0 Å². The van der Waals surface area contributed by atoms with Gasteiger partial charge in [-0.05, 0) is 0 Å². The fourth-order valence-electron chi connectivity index (χ4n) is 0.118. The summed E-state index contributed by atoms with van der Waals surface area (Å²) in [5, 5.41) is 22.8. The third-order valence-corrected chi connectivity index (χ3v) is 0.760. The maximum Gasteiger partial charge on any atom is 0.327 e. The lowest BCUT2D eigenvalue weighted by Crippen LogP contribution is -1.87. The first-order valence-electron chi connectivity index (χ1n) is 4.77. The Kier molecular flexibility index (Phi) is 33.3. The van der Waals surface area contributed by atoms with Crippen molar-refractivity contribution < 1.29 is 39.2 Å². The molecule has 0 aromatic heterocycles. The molecule has 0 bridgehead atoms. The van der Waals surface area contributed by atoms with Crippen molar-refractivity contribution in [3.8, 4) is 0 Å². The number of carboxylic acid groups (broad SMARTS) is 3. The summed E-state index contributed by atoms with van der Waals surface area (Å²) in [4.78, 5) is 27.8. The first kappa shape index (κ1) is 26.2. The molecule has 0 amide bonds. The van der Waals surface area contributed by atoms with E-state index in [-0.39, 0.29) is 0 Å². The van der Waals surface area contributed by atoms with Crippen LogP contribution in [0, 0.1) is 0 Å². The van der Waals surface area contributed by atoms with Gasteiger partial charge in [-0.3, -0.25) is 0 Å². The Balaban J connectivity index is -0.0000000853. The largest absolute Gasteiger partial charge is 0.478 e. The zero-order chi connectivity index (χ0) is 17.0. The van der Waals surface area contributed by atoms with Crippen LogP contribution in [0.15, 0.2) is 38.0 Å². The molecule has 116 valence electrons. The van der Waals surface area contributed by atoms with Gasteiger partial charge in [-0.15, -0.1) is 0 Å². The fraction of sp³-hybridized carbons (Fsp3) is 0.250. The van der Waals surface area contributed by atoms with Gasteiger partial charge in [0, 0.05) is 32.4 Å². The Morgan fingerprint density at radius 2 is 0.950 bits per heavy atom. The maximum absolute atomic E-state index is 9.25. The number of carboxylic acids is 3. The van der Waals surface area contributed by atoms with Crippen molar-refractivity contribution in [1.82, 2.24) is 0 Å². The number of hydrogen-bond donors (Lipinski definition) is 3. The van der Waals surface area contributed by atoms with E-state index in [1.165, 1.54) is 0 Å². The quantitative estimate of drug-likeness (QED) is 0.505. The van der Waals surface area contributed by atoms with E-state index < -0.39 is 17.9 Å². The van der Waals surface area contributed by atoms with Gasteiger partial charge in [-0.1, -0.05) is 19.7 Å². The van der Waals surface area contributed by atoms with Crippen molar-refractivity contribution in [3.05, 3.63) is 38.0 Å². The molecule has 0 aromatic carbocycles. The SMILES string of the molecule is C=CC(=O)O.C=CC(=O)O.C=CC(=O)O.COCOC. The molecule has 0 aliphatic carbocycles. The molecule has 0 aliphatic heterocycles. The van der Waals surface area contributed by atoms with Crippen LogP contribution in [0.4, 0.5) is 0 Å². The Morgan fingerprint density at radius 3 is 0.950 bits per heavy atom. The monoisotopic (exact) mass is 292 g/mol. The van der Waals surface area contributed by atoms with Crippen LogP contribution in [0.1, 0.15) is 0 Å². The van der Waals surface area contributed by atoms with Crippen molar-refractivity contribution in [2.75, 3.05) is 21.0 Å². The van der Waals surface area contributed by atoms with E-state index in [9.17, 15) is 14.4 Å². The molecule has 0 aliphatic rings. The molecule has 20 heavy (non-hydrogen) atoms. The van der Waals surface area contributed by atoms with Crippen LogP contribution in [-0.4, -0.2) is 54.2 Å². The van der Waals surface area contributed by atoms with Gasteiger partial charge in [-0.25, -0.2) is 14.4 Å². The summed E-state index contributed by atoms with van der Waals surface area (Å²) in [6, 6.07) is 0. The lowest BCUT2D eigenvalue weighted by molar-refractivity contribution is -0.132. The molecular weight excluding hydrogens is 272 g/mol. The molecular formula is C12H20O8. The molecule has 0 saturated carbocycles. The first-order valence-corrected chi connectivity index (χ1v) is 4.77. The maximum atomic E-state index is 9.25.